The van der Waals surface area contributed by atoms with Crippen molar-refractivity contribution in [3.05, 3.63) is 0 Å². The molecule has 2 aliphatic rings. The van der Waals surface area contributed by atoms with Crippen LogP contribution in [0.1, 0.15) is 58.8 Å². The highest BCUT2D eigenvalue weighted by atomic mass is 16.2. The SMILES string of the molecule is CCCN1CCC(NC(=NC)NCCC(=O)N2CCCCC2C)CC1. The summed E-state index contributed by atoms with van der Waals surface area (Å²) in [6.45, 7) is 9.50. The van der Waals surface area contributed by atoms with Crippen LogP contribution in [-0.2, 0) is 4.79 Å². The first-order valence-corrected chi connectivity index (χ1v) is 10.1. The number of hydrogen-bond donors (Lipinski definition) is 2. The highest BCUT2D eigenvalue weighted by Crippen LogP contribution is 2.17. The van der Waals surface area contributed by atoms with Gasteiger partial charge in [0.15, 0.2) is 5.96 Å². The maximum absolute atomic E-state index is 12.4. The van der Waals surface area contributed by atoms with E-state index in [4.69, 9.17) is 0 Å². The molecule has 2 rings (SSSR count). The lowest BCUT2D eigenvalue weighted by atomic mass is 10.0. The van der Waals surface area contributed by atoms with E-state index in [1.165, 1.54) is 19.4 Å². The van der Waals surface area contributed by atoms with Crippen molar-refractivity contribution in [2.75, 3.05) is 39.8 Å². The van der Waals surface area contributed by atoms with Crippen LogP contribution in [0.15, 0.2) is 4.99 Å². The Morgan fingerprint density at radius 2 is 1.92 bits per heavy atom. The summed E-state index contributed by atoms with van der Waals surface area (Å²) in [6.07, 6.45) is 7.61. The molecule has 6 nitrogen and oxygen atoms in total. The smallest absolute Gasteiger partial charge is 0.224 e. The Bertz CT molecular complexity index is 432. The fourth-order valence-corrected chi connectivity index (χ4v) is 3.91. The van der Waals surface area contributed by atoms with E-state index in [1.54, 1.807) is 7.05 Å². The zero-order valence-electron chi connectivity index (χ0n) is 16.4. The number of amides is 1. The second-order valence-electron chi connectivity index (χ2n) is 7.44. The van der Waals surface area contributed by atoms with Crippen LogP contribution in [0.25, 0.3) is 0 Å². The number of aliphatic imine (C=N–C) groups is 1. The van der Waals surface area contributed by atoms with Crippen LogP contribution in [0, 0.1) is 0 Å². The molecule has 1 amide bonds. The van der Waals surface area contributed by atoms with Crippen molar-refractivity contribution in [1.29, 1.82) is 0 Å². The highest BCUT2D eigenvalue weighted by molar-refractivity contribution is 5.81. The van der Waals surface area contributed by atoms with Gasteiger partial charge in [0.1, 0.15) is 0 Å². The maximum Gasteiger partial charge on any atom is 0.224 e. The second kappa shape index (κ2) is 10.6. The molecule has 1 atom stereocenters. The third-order valence-corrected chi connectivity index (χ3v) is 5.45. The second-order valence-corrected chi connectivity index (χ2v) is 7.44. The van der Waals surface area contributed by atoms with Gasteiger partial charge >= 0.3 is 0 Å². The zero-order chi connectivity index (χ0) is 18.1. The third-order valence-electron chi connectivity index (χ3n) is 5.45. The van der Waals surface area contributed by atoms with Gasteiger partial charge in [0.05, 0.1) is 0 Å². The molecule has 2 N–H and O–H groups in total. The van der Waals surface area contributed by atoms with E-state index in [-0.39, 0.29) is 5.91 Å². The Balaban J connectivity index is 1.66. The minimum absolute atomic E-state index is 0.267. The summed E-state index contributed by atoms with van der Waals surface area (Å²) in [6, 6.07) is 0.879. The molecule has 2 fully saturated rings. The number of nitrogens with zero attached hydrogens (tertiary/aromatic N) is 3. The normalized spacial score (nSPS) is 23.6. The first-order valence-electron chi connectivity index (χ1n) is 10.1. The van der Waals surface area contributed by atoms with Crippen molar-refractivity contribution < 1.29 is 4.79 Å². The van der Waals surface area contributed by atoms with Crippen molar-refractivity contribution in [2.45, 2.75) is 70.9 Å². The molecule has 0 radical (unpaired) electrons. The summed E-state index contributed by atoms with van der Waals surface area (Å²) in [5.74, 6) is 1.09. The number of guanidine groups is 1. The predicted molar refractivity (Wildman–Crippen MR) is 104 cm³/mol. The van der Waals surface area contributed by atoms with Gasteiger partial charge in [-0.05, 0) is 52.0 Å². The largest absolute Gasteiger partial charge is 0.356 e. The van der Waals surface area contributed by atoms with Gasteiger partial charge in [-0.15, -0.1) is 0 Å². The number of likely N-dealkylation sites (tertiary alicyclic amines) is 2. The van der Waals surface area contributed by atoms with Gasteiger partial charge in [-0.1, -0.05) is 6.92 Å². The van der Waals surface area contributed by atoms with Crippen LogP contribution in [0.2, 0.25) is 0 Å². The van der Waals surface area contributed by atoms with Crippen LogP contribution >= 0.6 is 0 Å². The summed E-state index contributed by atoms with van der Waals surface area (Å²) in [4.78, 5) is 21.3. The van der Waals surface area contributed by atoms with Crippen molar-refractivity contribution in [2.24, 2.45) is 4.99 Å². The molecule has 0 aliphatic carbocycles. The van der Waals surface area contributed by atoms with E-state index in [2.05, 4.69) is 34.4 Å². The molecule has 0 aromatic carbocycles. The Hall–Kier alpha value is -1.30. The molecule has 2 saturated heterocycles. The predicted octanol–water partition coefficient (Wildman–Crippen LogP) is 1.82. The quantitative estimate of drug-likeness (QED) is 0.566. The lowest BCUT2D eigenvalue weighted by Crippen LogP contribution is -2.49. The summed E-state index contributed by atoms with van der Waals surface area (Å²) >= 11 is 0. The van der Waals surface area contributed by atoms with Crippen LogP contribution in [-0.4, -0.2) is 73.5 Å². The topological polar surface area (TPSA) is 60.0 Å². The average molecular weight is 352 g/mol. The van der Waals surface area contributed by atoms with Crippen molar-refractivity contribution in [1.82, 2.24) is 20.4 Å². The Kier molecular flexibility index (Phi) is 8.52. The van der Waals surface area contributed by atoms with Crippen molar-refractivity contribution >= 4 is 11.9 Å². The minimum Gasteiger partial charge on any atom is -0.356 e. The van der Waals surface area contributed by atoms with Gasteiger partial charge in [0.25, 0.3) is 0 Å². The molecule has 144 valence electrons. The summed E-state index contributed by atoms with van der Waals surface area (Å²) in [5.41, 5.74) is 0. The molecule has 0 spiro atoms. The molecule has 25 heavy (non-hydrogen) atoms. The molecule has 1 unspecified atom stereocenters. The van der Waals surface area contributed by atoms with E-state index < -0.39 is 0 Å². The molecular formula is C19H37N5O. The van der Waals surface area contributed by atoms with Gasteiger partial charge in [0, 0.05) is 51.7 Å². The third kappa shape index (κ3) is 6.49. The molecule has 6 heteroatoms. The zero-order valence-corrected chi connectivity index (χ0v) is 16.4. The fourth-order valence-electron chi connectivity index (χ4n) is 3.91. The molecule has 0 bridgehead atoms. The fraction of sp³-hybridized carbons (Fsp3) is 0.895. The van der Waals surface area contributed by atoms with Gasteiger partial charge in [0.2, 0.25) is 5.91 Å². The number of carbonyl (C=O) groups excluding carboxylic acids is 1. The van der Waals surface area contributed by atoms with Crippen LogP contribution < -0.4 is 10.6 Å². The minimum atomic E-state index is 0.267. The molecule has 0 saturated carbocycles. The number of nitrogens with one attached hydrogen (secondary N) is 2. The van der Waals surface area contributed by atoms with Gasteiger partial charge in [-0.3, -0.25) is 9.79 Å². The van der Waals surface area contributed by atoms with Gasteiger partial charge in [-0.2, -0.15) is 0 Å². The molecular weight excluding hydrogens is 314 g/mol. The first-order chi connectivity index (χ1) is 12.1. The standard InChI is InChI=1S/C19H37N5O/c1-4-12-23-14-9-17(10-15-23)22-19(20-3)21-11-8-18(25)24-13-6-5-7-16(24)2/h16-17H,4-15H2,1-3H3,(H2,20,21,22). The number of hydrogen-bond acceptors (Lipinski definition) is 3. The maximum atomic E-state index is 12.4. The molecule has 0 aromatic heterocycles. The van der Waals surface area contributed by atoms with E-state index in [1.807, 2.05) is 4.90 Å². The van der Waals surface area contributed by atoms with Crippen molar-refractivity contribution in [3.63, 3.8) is 0 Å². The molecule has 2 aliphatic heterocycles. The lowest BCUT2D eigenvalue weighted by Gasteiger charge is -2.34. The molecule has 2 heterocycles. The van der Waals surface area contributed by atoms with E-state index in [0.29, 0.717) is 25.0 Å². The van der Waals surface area contributed by atoms with Gasteiger partial charge in [-0.25, -0.2) is 0 Å². The Morgan fingerprint density at radius 1 is 1.16 bits per heavy atom. The van der Waals surface area contributed by atoms with Gasteiger partial charge < -0.3 is 20.4 Å². The summed E-state index contributed by atoms with van der Waals surface area (Å²) in [5, 5.41) is 6.83. The number of carbonyl (C=O) groups is 1. The van der Waals surface area contributed by atoms with Crippen LogP contribution in [0.4, 0.5) is 0 Å². The lowest BCUT2D eigenvalue weighted by molar-refractivity contribution is -0.134. The Labute approximate surface area is 153 Å². The summed E-state index contributed by atoms with van der Waals surface area (Å²) in [7, 11) is 1.80. The summed E-state index contributed by atoms with van der Waals surface area (Å²) < 4.78 is 0. The molecule has 0 aromatic rings. The average Bonchev–Trinajstić information content (AvgIpc) is 2.63. The number of rotatable bonds is 6. The van der Waals surface area contributed by atoms with E-state index in [0.717, 1.165) is 51.3 Å². The highest BCUT2D eigenvalue weighted by Gasteiger charge is 2.23. The van der Waals surface area contributed by atoms with Crippen LogP contribution in [0.5, 0.6) is 0 Å². The van der Waals surface area contributed by atoms with Crippen LogP contribution in [0.3, 0.4) is 0 Å². The Morgan fingerprint density at radius 3 is 2.56 bits per heavy atom. The number of piperidine rings is 2. The van der Waals surface area contributed by atoms with E-state index >= 15 is 0 Å². The monoisotopic (exact) mass is 351 g/mol. The van der Waals surface area contributed by atoms with E-state index in [9.17, 15) is 4.79 Å². The van der Waals surface area contributed by atoms with Crippen molar-refractivity contribution in [3.8, 4) is 0 Å². The first kappa shape index (κ1) is 20.0.